The number of halogens is 3. The largest absolute Gasteiger partial charge is 0.497 e. The zero-order valence-electron chi connectivity index (χ0n) is 19.9. The number of anilines is 1. The number of amidine groups is 1. The minimum absolute atomic E-state index is 0.0944. The van der Waals surface area contributed by atoms with Crippen LogP contribution in [0, 0.1) is 11.2 Å². The predicted molar refractivity (Wildman–Crippen MR) is 145 cm³/mol. The Labute approximate surface area is 222 Å². The number of ether oxygens (including phenoxy) is 1. The zero-order valence-corrected chi connectivity index (χ0v) is 21.4. The Kier molecular flexibility index (Phi) is 8.05. The van der Waals surface area contributed by atoms with Gasteiger partial charge >= 0.3 is 0 Å². The summed E-state index contributed by atoms with van der Waals surface area (Å²) in [4.78, 5) is 24.8. The molecule has 11 heteroatoms. The highest BCUT2D eigenvalue weighted by atomic mass is 35.5. The fraction of sp³-hybridized carbons (Fsp3) is 0.154. The van der Waals surface area contributed by atoms with Gasteiger partial charge in [-0.25, -0.2) is 14.4 Å². The first-order valence-corrected chi connectivity index (χ1v) is 11.9. The summed E-state index contributed by atoms with van der Waals surface area (Å²) in [6.07, 6.45) is 1.33. The van der Waals surface area contributed by atoms with E-state index in [9.17, 15) is 9.18 Å². The molecule has 0 aliphatic rings. The van der Waals surface area contributed by atoms with Crippen LogP contribution in [0.3, 0.4) is 0 Å². The molecule has 37 heavy (non-hydrogen) atoms. The average molecular weight is 541 g/mol. The van der Waals surface area contributed by atoms with Crippen LogP contribution < -0.4 is 15.4 Å². The molecule has 0 spiro atoms. The van der Waals surface area contributed by atoms with E-state index >= 15 is 0 Å². The number of benzene rings is 3. The van der Waals surface area contributed by atoms with E-state index in [4.69, 9.17) is 33.3 Å². The Balaban J connectivity index is 1.60. The second-order valence-electron chi connectivity index (χ2n) is 8.13. The molecule has 1 amide bonds. The van der Waals surface area contributed by atoms with Gasteiger partial charge in [-0.15, -0.1) is 0 Å². The van der Waals surface area contributed by atoms with Gasteiger partial charge in [0.25, 0.3) is 5.91 Å². The van der Waals surface area contributed by atoms with Gasteiger partial charge in [0.05, 0.1) is 46.0 Å². The van der Waals surface area contributed by atoms with E-state index < -0.39 is 17.6 Å². The Bertz CT molecular complexity index is 1480. The molecule has 0 saturated heterocycles. The SMILES string of the molecule is COc1ccc2nc(C(CNC(=O)c3c(Cl)cc(N/C=N\C(C)=N)cc3Cl)c3cccc(F)c3)[nH]c2c1. The van der Waals surface area contributed by atoms with Gasteiger partial charge in [0, 0.05) is 18.3 Å². The highest BCUT2D eigenvalue weighted by molar-refractivity contribution is 6.40. The number of nitrogens with zero attached hydrogens (tertiary/aromatic N) is 2. The predicted octanol–water partition coefficient (Wildman–Crippen LogP) is 6.02. The summed E-state index contributed by atoms with van der Waals surface area (Å²) < 4.78 is 19.4. The van der Waals surface area contributed by atoms with Crippen molar-refractivity contribution in [2.75, 3.05) is 19.0 Å². The number of fused-ring (bicyclic) bond motifs is 1. The fourth-order valence-corrected chi connectivity index (χ4v) is 4.42. The fourth-order valence-electron chi connectivity index (χ4n) is 3.76. The maximum atomic E-state index is 14.1. The van der Waals surface area contributed by atoms with Gasteiger partial charge in [0.2, 0.25) is 0 Å². The van der Waals surface area contributed by atoms with Crippen molar-refractivity contribution in [1.82, 2.24) is 15.3 Å². The molecular formula is C26H23Cl2FN6O2. The van der Waals surface area contributed by atoms with Crippen molar-refractivity contribution >= 4 is 58.0 Å². The maximum absolute atomic E-state index is 14.1. The lowest BCUT2D eigenvalue weighted by molar-refractivity contribution is 0.0952. The van der Waals surface area contributed by atoms with E-state index in [2.05, 4.69) is 25.6 Å². The van der Waals surface area contributed by atoms with Crippen LogP contribution in [0.5, 0.6) is 5.75 Å². The quantitative estimate of drug-likeness (QED) is 0.161. The van der Waals surface area contributed by atoms with Crippen molar-refractivity contribution < 1.29 is 13.9 Å². The molecular weight excluding hydrogens is 518 g/mol. The molecule has 1 unspecified atom stereocenters. The molecule has 1 atom stereocenters. The molecule has 190 valence electrons. The zero-order chi connectivity index (χ0) is 26.5. The van der Waals surface area contributed by atoms with Crippen LogP contribution in [0.15, 0.2) is 59.6 Å². The number of hydrogen-bond donors (Lipinski definition) is 4. The first-order chi connectivity index (χ1) is 17.7. The van der Waals surface area contributed by atoms with Crippen LogP contribution in [0.1, 0.15) is 34.6 Å². The van der Waals surface area contributed by atoms with Gasteiger partial charge in [-0.2, -0.15) is 0 Å². The van der Waals surface area contributed by atoms with E-state index in [-0.39, 0.29) is 28.0 Å². The lowest BCUT2D eigenvalue weighted by Crippen LogP contribution is -2.30. The van der Waals surface area contributed by atoms with Crippen LogP contribution in [-0.4, -0.2) is 41.7 Å². The Morgan fingerprint density at radius 2 is 1.97 bits per heavy atom. The highest BCUT2D eigenvalue weighted by Gasteiger charge is 2.22. The number of H-pyrrole nitrogens is 1. The number of hydrogen-bond acceptors (Lipinski definition) is 4. The van der Waals surface area contributed by atoms with Crippen molar-refractivity contribution in [3.8, 4) is 5.75 Å². The van der Waals surface area contributed by atoms with E-state index in [0.717, 1.165) is 5.52 Å². The monoisotopic (exact) mass is 540 g/mol. The van der Waals surface area contributed by atoms with Crippen molar-refractivity contribution in [2.24, 2.45) is 4.99 Å². The van der Waals surface area contributed by atoms with Crippen molar-refractivity contribution in [2.45, 2.75) is 12.8 Å². The number of rotatable bonds is 8. The lowest BCUT2D eigenvalue weighted by atomic mass is 9.98. The molecule has 4 N–H and O–H groups in total. The first kappa shape index (κ1) is 26.1. The second-order valence-corrected chi connectivity index (χ2v) is 8.94. The number of aliphatic imine (C=N–C) groups is 1. The van der Waals surface area contributed by atoms with Crippen molar-refractivity contribution in [3.05, 3.63) is 87.4 Å². The third-order valence-electron chi connectivity index (χ3n) is 5.51. The molecule has 0 bridgehead atoms. The summed E-state index contributed by atoms with van der Waals surface area (Å²) in [7, 11) is 1.58. The minimum atomic E-state index is -0.496. The Morgan fingerprint density at radius 1 is 1.22 bits per heavy atom. The number of nitrogens with one attached hydrogen (secondary N) is 4. The number of carbonyl (C=O) groups excluding carboxylic acids is 1. The first-order valence-electron chi connectivity index (χ1n) is 11.2. The molecule has 0 aliphatic heterocycles. The normalized spacial score (nSPS) is 12.0. The molecule has 3 aromatic carbocycles. The van der Waals surface area contributed by atoms with Crippen LogP contribution >= 0.6 is 23.2 Å². The third kappa shape index (κ3) is 6.25. The smallest absolute Gasteiger partial charge is 0.254 e. The van der Waals surface area contributed by atoms with Crippen LogP contribution in [0.25, 0.3) is 11.0 Å². The van der Waals surface area contributed by atoms with Gasteiger partial charge in [-0.1, -0.05) is 35.3 Å². The number of methoxy groups -OCH3 is 1. The topological polar surface area (TPSA) is 115 Å². The molecule has 1 heterocycles. The second kappa shape index (κ2) is 11.4. The third-order valence-corrected chi connectivity index (χ3v) is 6.11. The summed E-state index contributed by atoms with van der Waals surface area (Å²) in [6.45, 7) is 1.63. The highest BCUT2D eigenvalue weighted by Crippen LogP contribution is 2.30. The molecule has 0 fully saturated rings. The average Bonchev–Trinajstić information content (AvgIpc) is 3.26. The molecule has 4 aromatic rings. The summed E-state index contributed by atoms with van der Waals surface area (Å²) in [5.74, 6) is -0.0482. The van der Waals surface area contributed by atoms with Crippen LogP contribution in [0.2, 0.25) is 10.0 Å². The molecule has 0 aliphatic carbocycles. The van der Waals surface area contributed by atoms with E-state index in [1.54, 1.807) is 25.3 Å². The number of aromatic nitrogens is 2. The van der Waals surface area contributed by atoms with Gasteiger partial charge in [0.1, 0.15) is 23.2 Å². The van der Waals surface area contributed by atoms with Crippen molar-refractivity contribution in [3.63, 3.8) is 0 Å². The standard InChI is InChI=1S/C26H23Cl2FN6O2/c1-14(30)32-13-33-17-9-20(27)24(21(28)10-17)26(36)31-12-19(15-4-3-5-16(29)8-15)25-34-22-7-6-18(37-2)11-23(22)35-25/h3-11,13,19H,12H2,1-2H3,(H,31,36)(H,34,35)(H2,30,32,33). The van der Waals surface area contributed by atoms with E-state index in [1.165, 1.54) is 37.5 Å². The summed E-state index contributed by atoms with van der Waals surface area (Å²) in [5.41, 5.74) is 2.69. The van der Waals surface area contributed by atoms with Crippen molar-refractivity contribution in [1.29, 1.82) is 5.41 Å². The summed E-state index contributed by atoms with van der Waals surface area (Å²) in [6, 6.07) is 14.6. The summed E-state index contributed by atoms with van der Waals surface area (Å²) in [5, 5.41) is 13.3. The minimum Gasteiger partial charge on any atom is -0.497 e. The lowest BCUT2D eigenvalue weighted by Gasteiger charge is -2.17. The summed E-state index contributed by atoms with van der Waals surface area (Å²) >= 11 is 12.7. The Hall–Kier alpha value is -3.95. The van der Waals surface area contributed by atoms with Gasteiger partial charge in [-0.05, 0) is 48.9 Å². The van der Waals surface area contributed by atoms with Gasteiger partial charge in [0.15, 0.2) is 0 Å². The van der Waals surface area contributed by atoms with E-state index in [1.807, 2.05) is 12.1 Å². The Morgan fingerprint density at radius 3 is 2.65 bits per heavy atom. The van der Waals surface area contributed by atoms with Crippen LogP contribution in [0.4, 0.5) is 10.1 Å². The number of imidazole rings is 1. The van der Waals surface area contributed by atoms with E-state index in [0.29, 0.717) is 28.3 Å². The number of carbonyl (C=O) groups is 1. The molecule has 0 radical (unpaired) electrons. The molecule has 1 aromatic heterocycles. The molecule has 4 rings (SSSR count). The molecule has 0 saturated carbocycles. The molecule has 8 nitrogen and oxygen atoms in total. The number of aromatic amines is 1. The van der Waals surface area contributed by atoms with Crippen LogP contribution in [-0.2, 0) is 0 Å². The maximum Gasteiger partial charge on any atom is 0.254 e. The van der Waals surface area contributed by atoms with Gasteiger partial charge in [-0.3, -0.25) is 10.2 Å². The number of amides is 1. The van der Waals surface area contributed by atoms with Gasteiger partial charge < -0.3 is 20.4 Å².